The number of thioether (sulfide) groups is 1. The number of benzene rings is 2. The maximum absolute atomic E-state index is 13.5. The van der Waals surface area contributed by atoms with Crippen LogP contribution in [0.4, 0.5) is 5.69 Å². The highest BCUT2D eigenvalue weighted by Gasteiger charge is 2.43. The number of hydrogen-bond acceptors (Lipinski definition) is 7. The third-order valence-electron chi connectivity index (χ3n) is 6.43. The molecule has 10 heteroatoms. The highest BCUT2D eigenvalue weighted by Crippen LogP contribution is 2.35. The summed E-state index contributed by atoms with van der Waals surface area (Å²) in [5.41, 5.74) is 2.51. The van der Waals surface area contributed by atoms with E-state index in [2.05, 4.69) is 15.6 Å². The summed E-state index contributed by atoms with van der Waals surface area (Å²) in [6.45, 7) is 2.65. The van der Waals surface area contributed by atoms with Crippen LogP contribution in [0.5, 0.6) is 0 Å². The fourth-order valence-corrected chi connectivity index (χ4v) is 5.45. The van der Waals surface area contributed by atoms with Crippen LogP contribution in [0.25, 0.3) is 0 Å². The van der Waals surface area contributed by atoms with E-state index in [1.807, 2.05) is 61.5 Å². The van der Waals surface area contributed by atoms with Crippen molar-refractivity contribution in [1.82, 2.24) is 15.5 Å². The number of furan rings is 1. The van der Waals surface area contributed by atoms with Gasteiger partial charge >= 0.3 is 0 Å². The second-order valence-corrected chi connectivity index (χ2v) is 10.3. The number of carbonyl (C=O) groups excluding carboxylic acids is 3. The molecule has 3 aromatic rings. The quantitative estimate of drug-likeness (QED) is 0.403. The summed E-state index contributed by atoms with van der Waals surface area (Å²) in [6.07, 6.45) is 2.72. The van der Waals surface area contributed by atoms with Crippen molar-refractivity contribution in [2.45, 2.75) is 44.0 Å². The maximum Gasteiger partial charge on any atom is 0.259 e. The molecule has 2 aromatic carbocycles. The van der Waals surface area contributed by atoms with Crippen LogP contribution in [0.15, 0.2) is 87.4 Å². The van der Waals surface area contributed by atoms with Crippen molar-refractivity contribution in [3.8, 4) is 0 Å². The standard InChI is InChI=1S/C29H29N5O4S/c1-2-24(27(36)31-18-20-11-8-16-38-20)39-29-33-22-13-7-6-12-21(22)26-32-23(28(37)34(26)29)17-25(35)30-15-14-19-9-4-3-5-10-19/h3-13,16,23-24H,2,14-15,17-18H2,1H3,(H,30,35)(H,31,36)/t23-,24-/m1/s1. The van der Waals surface area contributed by atoms with Crippen LogP contribution in [-0.4, -0.2) is 51.5 Å². The second-order valence-electron chi connectivity index (χ2n) is 9.16. The van der Waals surface area contributed by atoms with E-state index in [0.717, 1.165) is 11.1 Å². The zero-order valence-corrected chi connectivity index (χ0v) is 22.3. The molecule has 3 heterocycles. The smallest absolute Gasteiger partial charge is 0.259 e. The van der Waals surface area contributed by atoms with Crippen molar-refractivity contribution in [3.63, 3.8) is 0 Å². The Bertz CT molecular complexity index is 1400. The Hall–Kier alpha value is -4.18. The van der Waals surface area contributed by atoms with E-state index in [1.165, 1.54) is 16.7 Å². The molecule has 5 rings (SSSR count). The van der Waals surface area contributed by atoms with Gasteiger partial charge in [-0.3, -0.25) is 19.4 Å². The minimum atomic E-state index is -0.860. The van der Waals surface area contributed by atoms with Crippen LogP contribution in [-0.2, 0) is 27.3 Å². The van der Waals surface area contributed by atoms with Crippen LogP contribution in [0, 0.1) is 0 Å². The molecule has 0 fully saturated rings. The van der Waals surface area contributed by atoms with Crippen molar-refractivity contribution >= 4 is 46.2 Å². The van der Waals surface area contributed by atoms with Gasteiger partial charge in [-0.25, -0.2) is 9.89 Å². The van der Waals surface area contributed by atoms with Crippen molar-refractivity contribution in [2.24, 2.45) is 9.98 Å². The lowest BCUT2D eigenvalue weighted by Gasteiger charge is -2.27. The summed E-state index contributed by atoms with van der Waals surface area (Å²) < 4.78 is 5.30. The number of carbonyl (C=O) groups is 3. The van der Waals surface area contributed by atoms with E-state index < -0.39 is 11.3 Å². The molecule has 2 atom stereocenters. The SMILES string of the molecule is CC[C@@H](SC1=Nc2ccccc2C2=N[C@H](CC(=O)NCCc3ccccc3)C(=O)N12)C(=O)NCc1ccco1. The molecule has 0 bridgehead atoms. The number of nitrogens with zero attached hydrogens (tertiary/aromatic N) is 3. The van der Waals surface area contributed by atoms with Crippen molar-refractivity contribution in [2.75, 3.05) is 6.54 Å². The monoisotopic (exact) mass is 543 g/mol. The van der Waals surface area contributed by atoms with Crippen LogP contribution >= 0.6 is 11.8 Å². The van der Waals surface area contributed by atoms with Crippen LogP contribution < -0.4 is 10.6 Å². The number of aliphatic imine (C=N–C) groups is 2. The van der Waals surface area contributed by atoms with Gasteiger partial charge < -0.3 is 15.1 Å². The first-order valence-corrected chi connectivity index (χ1v) is 13.8. The van der Waals surface area contributed by atoms with Gasteiger partial charge in [-0.15, -0.1) is 0 Å². The molecule has 0 radical (unpaired) electrons. The van der Waals surface area contributed by atoms with Crippen molar-refractivity contribution in [1.29, 1.82) is 0 Å². The van der Waals surface area contributed by atoms with E-state index in [1.54, 1.807) is 18.4 Å². The lowest BCUT2D eigenvalue weighted by atomic mass is 10.1. The van der Waals surface area contributed by atoms with E-state index in [4.69, 9.17) is 9.41 Å². The summed E-state index contributed by atoms with van der Waals surface area (Å²) in [5.74, 6) is 0.369. The van der Waals surface area contributed by atoms with E-state index in [-0.39, 0.29) is 30.7 Å². The number of amides is 3. The summed E-state index contributed by atoms with van der Waals surface area (Å²) >= 11 is 1.22. The molecule has 0 saturated carbocycles. The third-order valence-corrected chi connectivity index (χ3v) is 7.75. The molecule has 0 unspecified atom stereocenters. The topological polar surface area (TPSA) is 116 Å². The summed E-state index contributed by atoms with van der Waals surface area (Å²) in [7, 11) is 0. The molecule has 0 aliphatic carbocycles. The van der Waals surface area contributed by atoms with Gasteiger partial charge in [0.25, 0.3) is 5.91 Å². The van der Waals surface area contributed by atoms with Crippen molar-refractivity contribution in [3.05, 3.63) is 89.9 Å². The number of amidine groups is 2. The number of para-hydroxylation sites is 1. The Labute approximate surface area is 230 Å². The molecular weight excluding hydrogens is 514 g/mol. The van der Waals surface area contributed by atoms with Gasteiger partial charge in [-0.1, -0.05) is 61.2 Å². The van der Waals surface area contributed by atoms with Gasteiger partial charge in [0.15, 0.2) is 5.17 Å². The highest BCUT2D eigenvalue weighted by atomic mass is 32.2. The first-order chi connectivity index (χ1) is 19.0. The summed E-state index contributed by atoms with van der Waals surface area (Å²) in [6, 6.07) is 20.0. The average molecular weight is 544 g/mol. The predicted octanol–water partition coefficient (Wildman–Crippen LogP) is 3.82. The molecular formula is C29H29N5O4S. The van der Waals surface area contributed by atoms with Crippen LogP contribution in [0.3, 0.4) is 0 Å². The Morgan fingerprint density at radius 2 is 1.85 bits per heavy atom. The number of fused-ring (bicyclic) bond motifs is 3. The number of rotatable bonds is 10. The second kappa shape index (κ2) is 12.1. The molecule has 39 heavy (non-hydrogen) atoms. The van der Waals surface area contributed by atoms with E-state index in [0.29, 0.717) is 41.8 Å². The Morgan fingerprint density at radius 1 is 1.05 bits per heavy atom. The molecule has 0 saturated heterocycles. The van der Waals surface area contributed by atoms with Crippen molar-refractivity contribution < 1.29 is 18.8 Å². The molecule has 0 spiro atoms. The number of nitrogens with one attached hydrogen (secondary N) is 2. The predicted molar refractivity (Wildman–Crippen MR) is 151 cm³/mol. The molecule has 3 amide bonds. The average Bonchev–Trinajstić information content (AvgIpc) is 3.59. The van der Waals surface area contributed by atoms with Gasteiger partial charge in [0.2, 0.25) is 11.8 Å². The van der Waals surface area contributed by atoms with Crippen LogP contribution in [0.2, 0.25) is 0 Å². The lowest BCUT2D eigenvalue weighted by Crippen LogP contribution is -2.43. The Balaban J connectivity index is 1.28. The lowest BCUT2D eigenvalue weighted by molar-refractivity contribution is -0.128. The fourth-order valence-electron chi connectivity index (χ4n) is 4.40. The van der Waals surface area contributed by atoms with E-state index >= 15 is 0 Å². The van der Waals surface area contributed by atoms with Crippen LogP contribution in [0.1, 0.15) is 36.7 Å². The number of hydrogen-bond donors (Lipinski definition) is 2. The minimum absolute atomic E-state index is 0.0609. The maximum atomic E-state index is 13.5. The molecule has 200 valence electrons. The zero-order chi connectivity index (χ0) is 27.2. The molecule has 2 aliphatic heterocycles. The van der Waals surface area contributed by atoms with Gasteiger partial charge in [0.1, 0.15) is 17.6 Å². The Kier molecular flexibility index (Phi) is 8.21. The normalized spacial score (nSPS) is 16.6. The molecule has 9 nitrogen and oxygen atoms in total. The van der Waals surface area contributed by atoms with Gasteiger partial charge in [0.05, 0.1) is 30.2 Å². The molecule has 2 N–H and O–H groups in total. The highest BCUT2D eigenvalue weighted by molar-refractivity contribution is 8.15. The van der Waals surface area contributed by atoms with Gasteiger partial charge in [-0.05, 0) is 42.7 Å². The summed E-state index contributed by atoms with van der Waals surface area (Å²) in [4.78, 5) is 50.0. The van der Waals surface area contributed by atoms with Gasteiger partial charge in [-0.2, -0.15) is 0 Å². The molecule has 1 aromatic heterocycles. The fraction of sp³-hybridized carbons (Fsp3) is 0.276. The zero-order valence-electron chi connectivity index (χ0n) is 21.5. The Morgan fingerprint density at radius 3 is 2.62 bits per heavy atom. The largest absolute Gasteiger partial charge is 0.467 e. The van der Waals surface area contributed by atoms with E-state index in [9.17, 15) is 14.4 Å². The van der Waals surface area contributed by atoms with Gasteiger partial charge in [0, 0.05) is 12.1 Å². The first kappa shape index (κ1) is 26.4. The first-order valence-electron chi connectivity index (χ1n) is 12.9. The minimum Gasteiger partial charge on any atom is -0.467 e. The third kappa shape index (κ3) is 6.12. The summed E-state index contributed by atoms with van der Waals surface area (Å²) in [5, 5.41) is 5.68. The molecule has 2 aliphatic rings.